The quantitative estimate of drug-likeness (QED) is 0.298. The zero-order chi connectivity index (χ0) is 24.4. The Bertz CT molecular complexity index is 1400. The zero-order valence-corrected chi connectivity index (χ0v) is 19.5. The molecule has 4 rings (SSSR count). The molecule has 9 nitrogen and oxygen atoms in total. The number of nitrogens with two attached hydrogens (primary N) is 1. The number of thiophene rings is 1. The van der Waals surface area contributed by atoms with Crippen molar-refractivity contribution in [3.05, 3.63) is 64.0 Å². The number of carbonyl (C=O) groups excluding carboxylic acids is 3. The van der Waals surface area contributed by atoms with Crippen molar-refractivity contribution in [2.75, 3.05) is 12.3 Å². The number of nitrogen functional groups attached to an aromatic ring is 1. The molecule has 34 heavy (non-hydrogen) atoms. The number of furan rings is 1. The fourth-order valence-electron chi connectivity index (χ4n) is 3.34. The van der Waals surface area contributed by atoms with Crippen LogP contribution in [-0.4, -0.2) is 34.3 Å². The molecular formula is C24H21N3O6S. The third-order valence-electron chi connectivity index (χ3n) is 5.04. The lowest BCUT2D eigenvalue weighted by Gasteiger charge is -2.04. The van der Waals surface area contributed by atoms with Crippen LogP contribution in [0.15, 0.2) is 40.8 Å². The summed E-state index contributed by atoms with van der Waals surface area (Å²) in [5.74, 6) is -0.313. The third kappa shape index (κ3) is 4.53. The van der Waals surface area contributed by atoms with Crippen LogP contribution in [0.5, 0.6) is 0 Å². The van der Waals surface area contributed by atoms with Gasteiger partial charge in [-0.1, -0.05) is 24.3 Å². The smallest absolute Gasteiger partial charge is 0.374 e. The number of fused-ring (bicyclic) bond motifs is 1. The van der Waals surface area contributed by atoms with E-state index in [0.717, 1.165) is 16.9 Å². The number of esters is 2. The second-order valence-corrected chi connectivity index (χ2v) is 8.35. The molecular weight excluding hydrogens is 458 g/mol. The highest BCUT2D eigenvalue weighted by molar-refractivity contribution is 7.20. The van der Waals surface area contributed by atoms with Gasteiger partial charge in [0.1, 0.15) is 21.3 Å². The molecule has 3 aromatic heterocycles. The summed E-state index contributed by atoms with van der Waals surface area (Å²) >= 11 is 1.15. The minimum absolute atomic E-state index is 0.0104. The predicted molar refractivity (Wildman–Crippen MR) is 126 cm³/mol. The van der Waals surface area contributed by atoms with Crippen molar-refractivity contribution in [1.82, 2.24) is 9.97 Å². The first-order valence-electron chi connectivity index (χ1n) is 10.4. The number of hydrogen-bond acceptors (Lipinski definition) is 10. The monoisotopic (exact) mass is 479 g/mol. The molecule has 3 heterocycles. The Kier molecular flexibility index (Phi) is 6.42. The number of Topliss-reactive ketones (excluding diaryl/α,β-unsaturated/α-hetero) is 1. The number of aryl methyl sites for hydroxylation is 1. The van der Waals surface area contributed by atoms with Crippen LogP contribution in [0.2, 0.25) is 0 Å². The molecule has 1 aromatic carbocycles. The van der Waals surface area contributed by atoms with Gasteiger partial charge in [-0.05, 0) is 38.5 Å². The Labute approximate surface area is 198 Å². The predicted octanol–water partition coefficient (Wildman–Crippen LogP) is 4.58. The second kappa shape index (κ2) is 9.44. The van der Waals surface area contributed by atoms with Crippen LogP contribution in [0.1, 0.15) is 55.8 Å². The lowest BCUT2D eigenvalue weighted by molar-refractivity contribution is 0.0426. The summed E-state index contributed by atoms with van der Waals surface area (Å²) in [6.45, 7) is 5.01. The maximum absolute atomic E-state index is 12.5. The summed E-state index contributed by atoms with van der Waals surface area (Å²) in [6, 6.07) is 10.0. The maximum Gasteiger partial charge on any atom is 0.374 e. The molecule has 0 aliphatic carbocycles. The van der Waals surface area contributed by atoms with Crippen molar-refractivity contribution in [3.63, 3.8) is 0 Å². The van der Waals surface area contributed by atoms with Crippen molar-refractivity contribution in [1.29, 1.82) is 0 Å². The molecule has 0 fully saturated rings. The number of ketones is 1. The standard InChI is InChI=1S/C24H21N3O6S/c1-4-31-24(30)20-12(2)19-21(25)26-18(27-22(19)34-20)11-32-23(29)17-10-9-16(33-17)15-7-5-14(6-8-15)13(3)28/h5-10H,4,11H2,1-3H3,(H2,25,26,27). The average Bonchev–Trinajstić information content (AvgIpc) is 3.43. The second-order valence-electron chi connectivity index (χ2n) is 7.36. The Balaban J connectivity index is 1.48. The Morgan fingerprint density at radius 1 is 1.03 bits per heavy atom. The topological polar surface area (TPSA) is 135 Å². The van der Waals surface area contributed by atoms with E-state index in [1.165, 1.54) is 13.0 Å². The van der Waals surface area contributed by atoms with E-state index in [2.05, 4.69) is 9.97 Å². The van der Waals surface area contributed by atoms with E-state index in [0.29, 0.717) is 32.0 Å². The summed E-state index contributed by atoms with van der Waals surface area (Å²) in [7, 11) is 0. The lowest BCUT2D eigenvalue weighted by atomic mass is 10.1. The van der Waals surface area contributed by atoms with Gasteiger partial charge >= 0.3 is 11.9 Å². The van der Waals surface area contributed by atoms with Crippen molar-refractivity contribution in [3.8, 4) is 11.3 Å². The SMILES string of the molecule is CCOC(=O)c1sc2nc(COC(=O)c3ccc(-c4ccc(C(C)=O)cc4)o3)nc(N)c2c1C. The van der Waals surface area contributed by atoms with Crippen LogP contribution in [-0.2, 0) is 16.1 Å². The fourth-order valence-corrected chi connectivity index (χ4v) is 4.45. The van der Waals surface area contributed by atoms with Gasteiger partial charge in [0.05, 0.1) is 12.0 Å². The van der Waals surface area contributed by atoms with Crippen LogP contribution in [0.25, 0.3) is 21.5 Å². The highest BCUT2D eigenvalue weighted by atomic mass is 32.1. The van der Waals surface area contributed by atoms with Crippen LogP contribution in [0, 0.1) is 6.92 Å². The summed E-state index contributed by atoms with van der Waals surface area (Å²) in [5, 5.41) is 0.578. The van der Waals surface area contributed by atoms with Crippen LogP contribution >= 0.6 is 11.3 Å². The fraction of sp³-hybridized carbons (Fsp3) is 0.208. The van der Waals surface area contributed by atoms with E-state index < -0.39 is 11.9 Å². The highest BCUT2D eigenvalue weighted by Crippen LogP contribution is 2.33. The Morgan fingerprint density at radius 3 is 2.44 bits per heavy atom. The molecule has 4 aromatic rings. The molecule has 0 spiro atoms. The van der Waals surface area contributed by atoms with Crippen LogP contribution < -0.4 is 5.73 Å². The van der Waals surface area contributed by atoms with Gasteiger partial charge in [0.15, 0.2) is 18.2 Å². The van der Waals surface area contributed by atoms with E-state index in [-0.39, 0.29) is 36.4 Å². The van der Waals surface area contributed by atoms with E-state index in [4.69, 9.17) is 19.6 Å². The molecule has 0 amide bonds. The van der Waals surface area contributed by atoms with Crippen molar-refractivity contribution >= 4 is 45.1 Å². The third-order valence-corrected chi connectivity index (χ3v) is 6.21. The Hall–Kier alpha value is -4.05. The number of benzene rings is 1. The van der Waals surface area contributed by atoms with Gasteiger partial charge in [0, 0.05) is 11.1 Å². The molecule has 0 saturated carbocycles. The number of nitrogens with zero attached hydrogens (tertiary/aromatic N) is 2. The van der Waals surface area contributed by atoms with Gasteiger partial charge in [-0.25, -0.2) is 19.6 Å². The normalized spacial score (nSPS) is 10.9. The van der Waals surface area contributed by atoms with Crippen molar-refractivity contribution in [2.24, 2.45) is 0 Å². The molecule has 0 radical (unpaired) electrons. The van der Waals surface area contributed by atoms with Gasteiger partial charge < -0.3 is 19.6 Å². The molecule has 10 heteroatoms. The van der Waals surface area contributed by atoms with Gasteiger partial charge in [-0.15, -0.1) is 11.3 Å². The lowest BCUT2D eigenvalue weighted by Crippen LogP contribution is -2.08. The Morgan fingerprint density at radius 2 is 1.76 bits per heavy atom. The number of rotatable bonds is 7. The minimum atomic E-state index is -0.691. The van der Waals surface area contributed by atoms with E-state index in [1.807, 2.05) is 0 Å². The van der Waals surface area contributed by atoms with Gasteiger partial charge in [-0.2, -0.15) is 0 Å². The largest absolute Gasteiger partial charge is 0.462 e. The molecule has 2 N–H and O–H groups in total. The van der Waals surface area contributed by atoms with E-state index >= 15 is 0 Å². The van der Waals surface area contributed by atoms with Gasteiger partial charge in [0.2, 0.25) is 5.76 Å². The molecule has 0 bridgehead atoms. The first-order chi connectivity index (χ1) is 16.3. The molecule has 0 atom stereocenters. The number of aromatic nitrogens is 2. The highest BCUT2D eigenvalue weighted by Gasteiger charge is 2.21. The zero-order valence-electron chi connectivity index (χ0n) is 18.7. The van der Waals surface area contributed by atoms with Crippen molar-refractivity contribution < 1.29 is 28.3 Å². The van der Waals surface area contributed by atoms with Crippen molar-refractivity contribution in [2.45, 2.75) is 27.4 Å². The number of anilines is 1. The summed E-state index contributed by atoms with van der Waals surface area (Å²) in [6.07, 6.45) is 0. The number of ether oxygens (including phenoxy) is 2. The first-order valence-corrected chi connectivity index (χ1v) is 11.2. The minimum Gasteiger partial charge on any atom is -0.462 e. The van der Waals surface area contributed by atoms with E-state index in [1.54, 1.807) is 44.2 Å². The summed E-state index contributed by atoms with van der Waals surface area (Å²) in [5.41, 5.74) is 8.04. The van der Waals surface area contributed by atoms with E-state index in [9.17, 15) is 14.4 Å². The number of carbonyl (C=O) groups is 3. The number of hydrogen-bond donors (Lipinski definition) is 1. The van der Waals surface area contributed by atoms with Gasteiger partial charge in [0.25, 0.3) is 0 Å². The summed E-state index contributed by atoms with van der Waals surface area (Å²) in [4.78, 5) is 45.6. The van der Waals surface area contributed by atoms with Crippen LogP contribution in [0.4, 0.5) is 5.82 Å². The molecule has 174 valence electrons. The van der Waals surface area contributed by atoms with Gasteiger partial charge in [-0.3, -0.25) is 4.79 Å². The molecule has 0 aliphatic rings. The average molecular weight is 480 g/mol. The molecule has 0 aliphatic heterocycles. The summed E-state index contributed by atoms with van der Waals surface area (Å²) < 4.78 is 16.0. The molecule has 0 saturated heterocycles. The van der Waals surface area contributed by atoms with Crippen LogP contribution in [0.3, 0.4) is 0 Å². The first kappa shape index (κ1) is 23.1. The molecule has 0 unspecified atom stereocenters. The maximum atomic E-state index is 12.5.